The SMILES string of the molecule is CCOCCCNC(=O)NC(=O)COC(=O)c1sc2cc(F)ccc2c1Cl. The normalized spacial score (nSPS) is 10.6. The van der Waals surface area contributed by atoms with Crippen LogP contribution in [-0.4, -0.2) is 44.3 Å². The van der Waals surface area contributed by atoms with Crippen LogP contribution in [0.15, 0.2) is 18.2 Å². The van der Waals surface area contributed by atoms with Crippen LogP contribution in [0.2, 0.25) is 5.02 Å². The molecule has 0 saturated carbocycles. The topological polar surface area (TPSA) is 93.7 Å². The molecule has 0 aliphatic heterocycles. The molecule has 27 heavy (non-hydrogen) atoms. The lowest BCUT2D eigenvalue weighted by atomic mass is 10.2. The zero-order chi connectivity index (χ0) is 19.8. The first-order valence-corrected chi connectivity index (χ1v) is 9.32. The monoisotopic (exact) mass is 416 g/mol. The van der Waals surface area contributed by atoms with E-state index in [-0.39, 0.29) is 9.90 Å². The minimum atomic E-state index is -0.825. The van der Waals surface area contributed by atoms with Gasteiger partial charge in [-0.15, -0.1) is 11.3 Å². The fraction of sp³-hybridized carbons (Fsp3) is 0.353. The van der Waals surface area contributed by atoms with Crippen molar-refractivity contribution in [3.63, 3.8) is 0 Å². The average molecular weight is 417 g/mol. The van der Waals surface area contributed by atoms with E-state index in [0.717, 1.165) is 11.3 Å². The number of esters is 1. The maximum Gasteiger partial charge on any atom is 0.350 e. The summed E-state index contributed by atoms with van der Waals surface area (Å²) in [4.78, 5) is 35.4. The molecule has 0 unspecified atom stereocenters. The number of carbonyl (C=O) groups excluding carboxylic acids is 3. The van der Waals surface area contributed by atoms with Crippen LogP contribution in [0.5, 0.6) is 0 Å². The summed E-state index contributed by atoms with van der Waals surface area (Å²) in [6.45, 7) is 2.65. The maximum atomic E-state index is 13.3. The van der Waals surface area contributed by atoms with Gasteiger partial charge in [-0.1, -0.05) is 11.6 Å². The summed E-state index contributed by atoms with van der Waals surface area (Å²) in [5.41, 5.74) is 0. The third-order valence-corrected chi connectivity index (χ3v) is 4.96. The van der Waals surface area contributed by atoms with E-state index in [1.807, 2.05) is 12.2 Å². The molecule has 0 saturated heterocycles. The Hall–Kier alpha value is -2.23. The van der Waals surface area contributed by atoms with E-state index in [1.165, 1.54) is 18.2 Å². The van der Waals surface area contributed by atoms with Gasteiger partial charge in [0.15, 0.2) is 6.61 Å². The number of amides is 3. The number of fused-ring (bicyclic) bond motifs is 1. The standard InChI is InChI=1S/C17H18ClFN2O5S/c1-2-25-7-3-6-20-17(24)21-13(22)9-26-16(23)15-14(18)11-5-4-10(19)8-12(11)27-15/h4-5,8H,2-3,6-7,9H2,1H3,(H2,20,21,22,24). The number of ether oxygens (including phenoxy) is 2. The van der Waals surface area contributed by atoms with Crippen molar-refractivity contribution < 1.29 is 28.2 Å². The van der Waals surface area contributed by atoms with Gasteiger partial charge in [0.25, 0.3) is 5.91 Å². The van der Waals surface area contributed by atoms with Crippen molar-refractivity contribution >= 4 is 50.9 Å². The van der Waals surface area contributed by atoms with Crippen molar-refractivity contribution in [2.45, 2.75) is 13.3 Å². The maximum absolute atomic E-state index is 13.3. The summed E-state index contributed by atoms with van der Waals surface area (Å²) >= 11 is 7.07. The van der Waals surface area contributed by atoms with Gasteiger partial charge in [0.05, 0.1) is 5.02 Å². The second-order valence-electron chi connectivity index (χ2n) is 5.32. The Bertz CT molecular complexity index is 842. The predicted octanol–water partition coefficient (Wildman–Crippen LogP) is 3.10. The highest BCUT2D eigenvalue weighted by molar-refractivity contribution is 7.21. The number of nitrogens with one attached hydrogen (secondary N) is 2. The van der Waals surface area contributed by atoms with Crippen LogP contribution in [0.1, 0.15) is 23.0 Å². The molecule has 0 bridgehead atoms. The van der Waals surface area contributed by atoms with Crippen molar-refractivity contribution in [1.82, 2.24) is 10.6 Å². The van der Waals surface area contributed by atoms with Crippen LogP contribution in [-0.2, 0) is 14.3 Å². The van der Waals surface area contributed by atoms with Gasteiger partial charge in [0, 0.05) is 29.8 Å². The molecule has 0 spiro atoms. The molecule has 1 heterocycles. The molecular formula is C17H18ClFN2O5S. The first-order chi connectivity index (χ1) is 12.9. The largest absolute Gasteiger partial charge is 0.451 e. The highest BCUT2D eigenvalue weighted by Crippen LogP contribution is 2.36. The van der Waals surface area contributed by atoms with Gasteiger partial charge in [-0.3, -0.25) is 10.1 Å². The van der Waals surface area contributed by atoms with Gasteiger partial charge in [-0.2, -0.15) is 0 Å². The molecule has 2 aromatic rings. The zero-order valence-corrected chi connectivity index (χ0v) is 16.0. The van der Waals surface area contributed by atoms with E-state index in [4.69, 9.17) is 21.1 Å². The molecule has 0 fully saturated rings. The van der Waals surface area contributed by atoms with E-state index in [9.17, 15) is 18.8 Å². The van der Waals surface area contributed by atoms with E-state index in [0.29, 0.717) is 36.3 Å². The molecule has 3 amide bonds. The molecule has 1 aromatic carbocycles. The Morgan fingerprint density at radius 1 is 1.30 bits per heavy atom. The molecule has 10 heteroatoms. The Kier molecular flexibility index (Phi) is 7.96. The summed E-state index contributed by atoms with van der Waals surface area (Å²) in [5.74, 6) is -2.06. The van der Waals surface area contributed by atoms with Crippen molar-refractivity contribution in [3.05, 3.63) is 33.9 Å². The second kappa shape index (κ2) is 10.2. The van der Waals surface area contributed by atoms with Crippen molar-refractivity contribution in [1.29, 1.82) is 0 Å². The van der Waals surface area contributed by atoms with E-state index in [1.54, 1.807) is 0 Å². The number of hydrogen-bond donors (Lipinski definition) is 2. The Morgan fingerprint density at radius 3 is 2.81 bits per heavy atom. The number of halogens is 2. The lowest BCUT2D eigenvalue weighted by Gasteiger charge is -2.07. The van der Waals surface area contributed by atoms with E-state index >= 15 is 0 Å². The van der Waals surface area contributed by atoms with Crippen molar-refractivity contribution in [2.75, 3.05) is 26.4 Å². The lowest BCUT2D eigenvalue weighted by Crippen LogP contribution is -2.41. The lowest BCUT2D eigenvalue weighted by molar-refractivity contribution is -0.123. The quantitative estimate of drug-likeness (QED) is 0.509. The minimum absolute atomic E-state index is 0.0606. The molecule has 0 radical (unpaired) electrons. The van der Waals surface area contributed by atoms with E-state index in [2.05, 4.69) is 5.32 Å². The van der Waals surface area contributed by atoms with Gasteiger partial charge in [-0.25, -0.2) is 14.0 Å². The highest BCUT2D eigenvalue weighted by atomic mass is 35.5. The predicted molar refractivity (Wildman–Crippen MR) is 99.7 cm³/mol. The minimum Gasteiger partial charge on any atom is -0.451 e. The third-order valence-electron chi connectivity index (χ3n) is 3.32. The third kappa shape index (κ3) is 6.16. The summed E-state index contributed by atoms with van der Waals surface area (Å²) in [6.07, 6.45) is 0.607. The summed E-state index contributed by atoms with van der Waals surface area (Å²) in [7, 11) is 0. The molecule has 0 atom stereocenters. The molecular weight excluding hydrogens is 399 g/mol. The zero-order valence-electron chi connectivity index (χ0n) is 14.5. The van der Waals surface area contributed by atoms with Crippen LogP contribution < -0.4 is 10.6 Å². The first-order valence-electron chi connectivity index (χ1n) is 8.12. The summed E-state index contributed by atoms with van der Waals surface area (Å²) in [5, 5.41) is 5.17. The Morgan fingerprint density at radius 2 is 2.07 bits per heavy atom. The number of thiophene rings is 1. The number of benzene rings is 1. The van der Waals surface area contributed by atoms with Gasteiger partial charge < -0.3 is 14.8 Å². The van der Waals surface area contributed by atoms with Crippen LogP contribution in [0.4, 0.5) is 9.18 Å². The van der Waals surface area contributed by atoms with Crippen LogP contribution in [0, 0.1) is 5.82 Å². The van der Waals surface area contributed by atoms with Gasteiger partial charge in [-0.05, 0) is 31.5 Å². The summed E-state index contributed by atoms with van der Waals surface area (Å²) in [6, 6.07) is 3.26. The Balaban J connectivity index is 1.80. The fourth-order valence-electron chi connectivity index (χ4n) is 2.09. The highest BCUT2D eigenvalue weighted by Gasteiger charge is 2.20. The number of carbonyl (C=O) groups is 3. The molecule has 1 aromatic heterocycles. The number of rotatable bonds is 8. The van der Waals surface area contributed by atoms with E-state index < -0.39 is 30.3 Å². The number of hydrogen-bond acceptors (Lipinski definition) is 6. The number of urea groups is 1. The summed E-state index contributed by atoms with van der Waals surface area (Å²) < 4.78 is 23.7. The smallest absolute Gasteiger partial charge is 0.350 e. The number of imide groups is 1. The second-order valence-corrected chi connectivity index (χ2v) is 6.75. The van der Waals surface area contributed by atoms with Crippen molar-refractivity contribution in [2.24, 2.45) is 0 Å². The van der Waals surface area contributed by atoms with Crippen LogP contribution in [0.3, 0.4) is 0 Å². The molecule has 0 aliphatic rings. The fourth-order valence-corrected chi connectivity index (χ4v) is 3.52. The van der Waals surface area contributed by atoms with Gasteiger partial charge >= 0.3 is 12.0 Å². The van der Waals surface area contributed by atoms with Crippen molar-refractivity contribution in [3.8, 4) is 0 Å². The molecule has 0 aliphatic carbocycles. The van der Waals surface area contributed by atoms with Gasteiger partial charge in [0.1, 0.15) is 10.7 Å². The van der Waals surface area contributed by atoms with Crippen LogP contribution >= 0.6 is 22.9 Å². The molecule has 146 valence electrons. The molecule has 2 N–H and O–H groups in total. The first kappa shape index (κ1) is 21.1. The Labute approximate surface area is 163 Å². The molecule has 7 nitrogen and oxygen atoms in total. The van der Waals surface area contributed by atoms with Gasteiger partial charge in [0.2, 0.25) is 0 Å². The van der Waals surface area contributed by atoms with Crippen LogP contribution in [0.25, 0.3) is 10.1 Å². The average Bonchev–Trinajstić information content (AvgIpc) is 2.95. The molecule has 2 rings (SSSR count).